The summed E-state index contributed by atoms with van der Waals surface area (Å²) < 4.78 is 0. The van der Waals surface area contributed by atoms with Gasteiger partial charge in [0.15, 0.2) is 0 Å². The highest BCUT2D eigenvalue weighted by molar-refractivity contribution is 5.17. The molecule has 0 radical (unpaired) electrons. The Labute approximate surface area is 68.3 Å². The number of rotatable bonds is 4. The van der Waals surface area contributed by atoms with Crippen molar-refractivity contribution in [1.29, 1.82) is 5.26 Å². The van der Waals surface area contributed by atoms with Gasteiger partial charge in [-0.15, -0.1) is 0 Å². The molecule has 0 aliphatic rings. The van der Waals surface area contributed by atoms with Gasteiger partial charge in [0, 0.05) is 0 Å². The normalized spacial score (nSPS) is 11.5. The minimum Gasteiger partial charge on any atom is -0.198 e. The Morgan fingerprint density at radius 2 is 2.27 bits per heavy atom. The second-order valence-electron chi connectivity index (χ2n) is 2.13. The summed E-state index contributed by atoms with van der Waals surface area (Å²) in [6.07, 6.45) is 8.91. The smallest absolute Gasteiger partial charge is 0.0666 e. The Bertz CT molecular complexity index is 203. The van der Waals surface area contributed by atoms with Crippen LogP contribution in [0.2, 0.25) is 0 Å². The SMILES string of the molecule is C=C/C=C\C=C(\CC)CC#N. The van der Waals surface area contributed by atoms with Crippen molar-refractivity contribution >= 4 is 0 Å². The van der Waals surface area contributed by atoms with Crippen LogP contribution < -0.4 is 0 Å². The fraction of sp³-hybridized carbons (Fsp3) is 0.300. The van der Waals surface area contributed by atoms with Crippen LogP contribution in [0.25, 0.3) is 0 Å². The molecule has 0 aliphatic carbocycles. The predicted octanol–water partition coefficient (Wildman–Crippen LogP) is 2.98. The van der Waals surface area contributed by atoms with Gasteiger partial charge < -0.3 is 0 Å². The van der Waals surface area contributed by atoms with E-state index >= 15 is 0 Å². The number of hydrogen-bond acceptors (Lipinski definition) is 1. The summed E-state index contributed by atoms with van der Waals surface area (Å²) in [5, 5.41) is 8.39. The van der Waals surface area contributed by atoms with Gasteiger partial charge in [-0.25, -0.2) is 0 Å². The largest absolute Gasteiger partial charge is 0.198 e. The van der Waals surface area contributed by atoms with Crippen molar-refractivity contribution in [2.75, 3.05) is 0 Å². The van der Waals surface area contributed by atoms with Crippen molar-refractivity contribution in [2.24, 2.45) is 0 Å². The van der Waals surface area contributed by atoms with Gasteiger partial charge in [0.25, 0.3) is 0 Å². The zero-order valence-corrected chi connectivity index (χ0v) is 6.88. The lowest BCUT2D eigenvalue weighted by Gasteiger charge is -1.92. The van der Waals surface area contributed by atoms with E-state index in [0.29, 0.717) is 6.42 Å². The lowest BCUT2D eigenvalue weighted by molar-refractivity contribution is 1.04. The first-order valence-electron chi connectivity index (χ1n) is 3.69. The molecule has 58 valence electrons. The molecule has 1 heteroatoms. The number of nitrogens with zero attached hydrogens (tertiary/aromatic N) is 1. The summed E-state index contributed by atoms with van der Waals surface area (Å²) in [4.78, 5) is 0. The molecule has 11 heavy (non-hydrogen) atoms. The van der Waals surface area contributed by atoms with E-state index in [-0.39, 0.29) is 0 Å². The molecule has 0 aromatic carbocycles. The summed E-state index contributed by atoms with van der Waals surface area (Å²) in [5.74, 6) is 0. The van der Waals surface area contributed by atoms with Gasteiger partial charge in [-0.2, -0.15) is 5.26 Å². The average Bonchev–Trinajstić information content (AvgIpc) is 2.03. The van der Waals surface area contributed by atoms with Crippen LogP contribution in [0.1, 0.15) is 19.8 Å². The predicted molar refractivity (Wildman–Crippen MR) is 47.9 cm³/mol. The Balaban J connectivity index is 4.02. The molecule has 0 bridgehead atoms. The molecule has 0 atom stereocenters. The van der Waals surface area contributed by atoms with Gasteiger partial charge >= 0.3 is 0 Å². The third-order valence-corrected chi connectivity index (χ3v) is 1.34. The van der Waals surface area contributed by atoms with E-state index in [0.717, 1.165) is 12.0 Å². The molecular formula is C10H13N. The fourth-order valence-electron chi connectivity index (χ4n) is 0.674. The van der Waals surface area contributed by atoms with Crippen molar-refractivity contribution in [3.8, 4) is 6.07 Å². The summed E-state index contributed by atoms with van der Waals surface area (Å²) >= 11 is 0. The van der Waals surface area contributed by atoms with Crippen LogP contribution >= 0.6 is 0 Å². The van der Waals surface area contributed by atoms with Gasteiger partial charge in [0.1, 0.15) is 0 Å². The van der Waals surface area contributed by atoms with Gasteiger partial charge in [-0.05, 0) is 6.42 Å². The Morgan fingerprint density at radius 1 is 1.55 bits per heavy atom. The Kier molecular flexibility index (Phi) is 6.02. The molecular weight excluding hydrogens is 134 g/mol. The summed E-state index contributed by atoms with van der Waals surface area (Å²) in [5.41, 5.74) is 1.16. The molecule has 0 rings (SSSR count). The van der Waals surface area contributed by atoms with Crippen LogP contribution in [0.5, 0.6) is 0 Å². The van der Waals surface area contributed by atoms with Crippen LogP contribution in [0, 0.1) is 11.3 Å². The van der Waals surface area contributed by atoms with E-state index in [2.05, 4.69) is 12.6 Å². The van der Waals surface area contributed by atoms with Crippen LogP contribution in [-0.2, 0) is 0 Å². The first-order valence-corrected chi connectivity index (χ1v) is 3.69. The minimum atomic E-state index is 0.526. The molecule has 0 unspecified atom stereocenters. The molecule has 0 saturated carbocycles. The quantitative estimate of drug-likeness (QED) is 0.561. The minimum absolute atomic E-state index is 0.526. The maximum absolute atomic E-state index is 8.39. The molecule has 0 saturated heterocycles. The molecule has 0 N–H and O–H groups in total. The third-order valence-electron chi connectivity index (χ3n) is 1.34. The zero-order chi connectivity index (χ0) is 8.53. The molecule has 0 heterocycles. The van der Waals surface area contributed by atoms with Gasteiger partial charge in [0.05, 0.1) is 12.5 Å². The van der Waals surface area contributed by atoms with E-state index in [1.165, 1.54) is 0 Å². The van der Waals surface area contributed by atoms with Crippen molar-refractivity contribution in [3.05, 3.63) is 36.5 Å². The van der Waals surface area contributed by atoms with Crippen LogP contribution in [0.4, 0.5) is 0 Å². The van der Waals surface area contributed by atoms with E-state index in [1.54, 1.807) is 6.08 Å². The fourth-order valence-corrected chi connectivity index (χ4v) is 0.674. The van der Waals surface area contributed by atoms with E-state index in [1.807, 2.05) is 25.2 Å². The van der Waals surface area contributed by atoms with E-state index < -0.39 is 0 Å². The van der Waals surface area contributed by atoms with Gasteiger partial charge in [-0.3, -0.25) is 0 Å². The topological polar surface area (TPSA) is 23.8 Å². The highest BCUT2D eigenvalue weighted by Gasteiger charge is 1.88. The lowest BCUT2D eigenvalue weighted by Crippen LogP contribution is -1.76. The van der Waals surface area contributed by atoms with E-state index in [9.17, 15) is 0 Å². The van der Waals surface area contributed by atoms with Crippen molar-refractivity contribution < 1.29 is 0 Å². The first kappa shape index (κ1) is 9.71. The molecule has 0 fully saturated rings. The Morgan fingerprint density at radius 3 is 2.73 bits per heavy atom. The maximum atomic E-state index is 8.39. The molecule has 0 amide bonds. The molecule has 0 aromatic heterocycles. The number of nitriles is 1. The summed E-state index contributed by atoms with van der Waals surface area (Å²) in [7, 11) is 0. The van der Waals surface area contributed by atoms with Crippen LogP contribution in [-0.4, -0.2) is 0 Å². The average molecular weight is 147 g/mol. The maximum Gasteiger partial charge on any atom is 0.0666 e. The Hall–Kier alpha value is -1.29. The molecule has 0 aliphatic heterocycles. The van der Waals surface area contributed by atoms with Gasteiger partial charge in [0.2, 0.25) is 0 Å². The van der Waals surface area contributed by atoms with Crippen molar-refractivity contribution in [1.82, 2.24) is 0 Å². The summed E-state index contributed by atoms with van der Waals surface area (Å²) in [6.45, 7) is 5.59. The monoisotopic (exact) mass is 147 g/mol. The van der Waals surface area contributed by atoms with Crippen LogP contribution in [0.3, 0.4) is 0 Å². The third kappa shape index (κ3) is 5.17. The zero-order valence-electron chi connectivity index (χ0n) is 6.88. The number of allylic oxidation sites excluding steroid dienone is 5. The van der Waals surface area contributed by atoms with Crippen molar-refractivity contribution in [2.45, 2.75) is 19.8 Å². The standard InChI is InChI=1S/C10H13N/c1-3-5-6-7-10(4-2)8-9-11/h3,5-7H,1,4,8H2,2H3/b6-5-,10-7-. The van der Waals surface area contributed by atoms with Crippen molar-refractivity contribution in [3.63, 3.8) is 0 Å². The highest BCUT2D eigenvalue weighted by atomic mass is 14.2. The lowest BCUT2D eigenvalue weighted by atomic mass is 10.1. The van der Waals surface area contributed by atoms with E-state index in [4.69, 9.17) is 5.26 Å². The van der Waals surface area contributed by atoms with Gasteiger partial charge in [-0.1, -0.05) is 43.4 Å². The second-order valence-corrected chi connectivity index (χ2v) is 2.13. The molecule has 0 spiro atoms. The molecule has 1 nitrogen and oxygen atoms in total. The molecule has 0 aromatic rings. The summed E-state index contributed by atoms with van der Waals surface area (Å²) in [6, 6.07) is 2.12. The highest BCUT2D eigenvalue weighted by Crippen LogP contribution is 2.04. The second kappa shape index (κ2) is 6.82. The number of hydrogen-bond donors (Lipinski definition) is 0. The first-order chi connectivity index (χ1) is 5.35. The van der Waals surface area contributed by atoms with Crippen LogP contribution in [0.15, 0.2) is 36.5 Å².